The van der Waals surface area contributed by atoms with E-state index in [4.69, 9.17) is 5.73 Å². The highest BCUT2D eigenvalue weighted by atomic mass is 32.1. The molecule has 2 rings (SSSR count). The molecule has 0 saturated carbocycles. The standard InChI is InChI=1S/C21H34N2O2S/c1-3-5-6-7-8-9-10-11-18(24)23-21-19(20(22)25)16-13-12-15(4-2)14-17(16)26-21/h15H,3-14H2,1-2H3,(H2,22,25)(H,23,24). The highest BCUT2D eigenvalue weighted by Crippen LogP contribution is 2.40. The third-order valence-electron chi connectivity index (χ3n) is 5.45. The van der Waals surface area contributed by atoms with Gasteiger partial charge in [0.05, 0.1) is 5.56 Å². The van der Waals surface area contributed by atoms with E-state index >= 15 is 0 Å². The summed E-state index contributed by atoms with van der Waals surface area (Å²) in [5.41, 5.74) is 7.27. The molecule has 0 bridgehead atoms. The second kappa shape index (κ2) is 10.7. The Bertz CT molecular complexity index is 609. The Labute approximate surface area is 161 Å². The molecule has 1 aromatic heterocycles. The number of unbranched alkanes of at least 4 members (excludes halogenated alkanes) is 6. The van der Waals surface area contributed by atoms with Crippen molar-refractivity contribution in [2.24, 2.45) is 11.7 Å². The Balaban J connectivity index is 1.87. The summed E-state index contributed by atoms with van der Waals surface area (Å²) >= 11 is 1.56. The maximum absolute atomic E-state index is 12.3. The summed E-state index contributed by atoms with van der Waals surface area (Å²) in [5.74, 6) is 0.272. The van der Waals surface area contributed by atoms with Crippen molar-refractivity contribution in [2.75, 3.05) is 5.32 Å². The number of thiophene rings is 1. The molecule has 3 N–H and O–H groups in total. The zero-order chi connectivity index (χ0) is 18.9. The van der Waals surface area contributed by atoms with Gasteiger partial charge >= 0.3 is 0 Å². The SMILES string of the molecule is CCCCCCCCCC(=O)Nc1sc2c(c1C(N)=O)CCC(CC)C2. The lowest BCUT2D eigenvalue weighted by Gasteiger charge is -2.20. The summed E-state index contributed by atoms with van der Waals surface area (Å²) in [4.78, 5) is 25.5. The molecule has 146 valence electrons. The van der Waals surface area contributed by atoms with Crippen molar-refractivity contribution in [3.8, 4) is 0 Å². The molecule has 0 aliphatic heterocycles. The lowest BCUT2D eigenvalue weighted by Crippen LogP contribution is -2.19. The van der Waals surface area contributed by atoms with Gasteiger partial charge in [-0.1, -0.05) is 58.8 Å². The van der Waals surface area contributed by atoms with E-state index in [9.17, 15) is 9.59 Å². The van der Waals surface area contributed by atoms with Gasteiger partial charge in [-0.05, 0) is 37.2 Å². The van der Waals surface area contributed by atoms with Crippen molar-refractivity contribution in [2.45, 2.75) is 90.9 Å². The monoisotopic (exact) mass is 378 g/mol. The van der Waals surface area contributed by atoms with Crippen LogP contribution in [0.25, 0.3) is 0 Å². The van der Waals surface area contributed by atoms with E-state index in [2.05, 4.69) is 19.2 Å². The molecule has 0 radical (unpaired) electrons. The van der Waals surface area contributed by atoms with Gasteiger partial charge in [0.25, 0.3) is 5.91 Å². The summed E-state index contributed by atoms with van der Waals surface area (Å²) < 4.78 is 0. The fourth-order valence-electron chi connectivity index (χ4n) is 3.78. The highest BCUT2D eigenvalue weighted by Gasteiger charge is 2.27. The van der Waals surface area contributed by atoms with Crippen molar-refractivity contribution >= 4 is 28.2 Å². The molecule has 0 aromatic carbocycles. The second-order valence-corrected chi connectivity index (χ2v) is 8.61. The number of carbonyl (C=O) groups excluding carboxylic acids is 2. The van der Waals surface area contributed by atoms with Crippen molar-refractivity contribution in [3.63, 3.8) is 0 Å². The largest absolute Gasteiger partial charge is 0.365 e. The van der Waals surface area contributed by atoms with Crippen molar-refractivity contribution in [1.29, 1.82) is 0 Å². The van der Waals surface area contributed by atoms with E-state index < -0.39 is 5.91 Å². The lowest BCUT2D eigenvalue weighted by atomic mass is 9.85. The Morgan fingerprint density at radius 3 is 2.46 bits per heavy atom. The summed E-state index contributed by atoms with van der Waals surface area (Å²) in [6.45, 7) is 4.43. The van der Waals surface area contributed by atoms with Crippen LogP contribution in [0.15, 0.2) is 0 Å². The van der Waals surface area contributed by atoms with E-state index in [1.54, 1.807) is 11.3 Å². The number of nitrogens with two attached hydrogens (primary N) is 1. The quantitative estimate of drug-likeness (QED) is 0.503. The Kier molecular flexibility index (Phi) is 8.63. The van der Waals surface area contributed by atoms with Crippen LogP contribution in [0, 0.1) is 5.92 Å². The van der Waals surface area contributed by atoms with Crippen LogP contribution in [-0.2, 0) is 17.6 Å². The van der Waals surface area contributed by atoms with Gasteiger partial charge in [-0.25, -0.2) is 0 Å². The topological polar surface area (TPSA) is 72.2 Å². The third kappa shape index (κ3) is 5.83. The molecule has 4 nitrogen and oxygen atoms in total. The van der Waals surface area contributed by atoms with Crippen molar-refractivity contribution < 1.29 is 9.59 Å². The fraction of sp³-hybridized carbons (Fsp3) is 0.714. The first-order valence-corrected chi connectivity index (χ1v) is 11.1. The zero-order valence-corrected chi connectivity index (χ0v) is 17.2. The first kappa shape index (κ1) is 20.9. The van der Waals surface area contributed by atoms with Gasteiger partial charge in [0, 0.05) is 11.3 Å². The van der Waals surface area contributed by atoms with Crippen LogP contribution >= 0.6 is 11.3 Å². The molecule has 2 amide bonds. The lowest BCUT2D eigenvalue weighted by molar-refractivity contribution is -0.116. The van der Waals surface area contributed by atoms with Gasteiger partial charge in [-0.15, -0.1) is 11.3 Å². The molecule has 0 saturated heterocycles. The van der Waals surface area contributed by atoms with Gasteiger partial charge < -0.3 is 11.1 Å². The molecule has 26 heavy (non-hydrogen) atoms. The minimum absolute atomic E-state index is 0.00620. The first-order chi connectivity index (χ1) is 12.6. The van der Waals surface area contributed by atoms with Gasteiger partial charge in [-0.3, -0.25) is 9.59 Å². The van der Waals surface area contributed by atoms with Crippen LogP contribution in [-0.4, -0.2) is 11.8 Å². The zero-order valence-electron chi connectivity index (χ0n) is 16.4. The summed E-state index contributed by atoms with van der Waals surface area (Å²) in [6, 6.07) is 0. The van der Waals surface area contributed by atoms with Gasteiger partial charge in [0.1, 0.15) is 5.00 Å². The molecular formula is C21H34N2O2S. The van der Waals surface area contributed by atoms with Gasteiger partial charge in [0.2, 0.25) is 5.91 Å². The molecular weight excluding hydrogens is 344 g/mol. The molecule has 1 aliphatic carbocycles. The molecule has 1 atom stereocenters. The summed E-state index contributed by atoms with van der Waals surface area (Å²) in [5, 5.41) is 3.65. The maximum atomic E-state index is 12.3. The molecule has 1 aliphatic rings. The van der Waals surface area contributed by atoms with E-state index in [-0.39, 0.29) is 5.91 Å². The number of rotatable bonds is 11. The van der Waals surface area contributed by atoms with Gasteiger partial charge in [0.15, 0.2) is 0 Å². The molecule has 1 unspecified atom stereocenters. The molecule has 1 heterocycles. The number of fused-ring (bicyclic) bond motifs is 1. The number of hydrogen-bond acceptors (Lipinski definition) is 3. The smallest absolute Gasteiger partial charge is 0.251 e. The summed E-state index contributed by atoms with van der Waals surface area (Å²) in [6.07, 6.45) is 13.0. The first-order valence-electron chi connectivity index (χ1n) is 10.3. The molecule has 0 spiro atoms. The number of anilines is 1. The molecule has 0 fully saturated rings. The van der Waals surface area contributed by atoms with Crippen LogP contribution in [0.2, 0.25) is 0 Å². The number of amides is 2. The van der Waals surface area contributed by atoms with Crippen LogP contribution in [0.4, 0.5) is 5.00 Å². The Hall–Kier alpha value is -1.36. The van der Waals surface area contributed by atoms with Crippen molar-refractivity contribution in [3.05, 3.63) is 16.0 Å². The van der Waals surface area contributed by atoms with E-state index in [1.807, 2.05) is 0 Å². The van der Waals surface area contributed by atoms with Crippen LogP contribution in [0.1, 0.15) is 98.9 Å². The van der Waals surface area contributed by atoms with E-state index in [0.717, 1.165) is 44.1 Å². The third-order valence-corrected chi connectivity index (χ3v) is 6.62. The molecule has 1 aromatic rings. The predicted molar refractivity (Wildman–Crippen MR) is 110 cm³/mol. The van der Waals surface area contributed by atoms with E-state index in [0.29, 0.717) is 22.9 Å². The second-order valence-electron chi connectivity index (χ2n) is 7.51. The fourth-order valence-corrected chi connectivity index (χ4v) is 5.17. The molecule has 5 heteroatoms. The maximum Gasteiger partial charge on any atom is 0.251 e. The number of nitrogens with one attached hydrogen (secondary N) is 1. The summed E-state index contributed by atoms with van der Waals surface area (Å²) in [7, 11) is 0. The average molecular weight is 379 g/mol. The van der Waals surface area contributed by atoms with Crippen molar-refractivity contribution in [1.82, 2.24) is 0 Å². The predicted octanol–water partition coefficient (Wildman–Crippen LogP) is 5.44. The van der Waals surface area contributed by atoms with E-state index in [1.165, 1.54) is 37.0 Å². The average Bonchev–Trinajstić information content (AvgIpc) is 2.97. The normalized spacial score (nSPS) is 16.3. The minimum Gasteiger partial charge on any atom is -0.365 e. The number of primary amides is 1. The Morgan fingerprint density at radius 1 is 1.12 bits per heavy atom. The minimum atomic E-state index is -0.413. The van der Waals surface area contributed by atoms with Crippen LogP contribution < -0.4 is 11.1 Å². The number of carbonyl (C=O) groups is 2. The highest BCUT2D eigenvalue weighted by molar-refractivity contribution is 7.17. The Morgan fingerprint density at radius 2 is 1.81 bits per heavy atom. The van der Waals surface area contributed by atoms with Crippen LogP contribution in [0.5, 0.6) is 0 Å². The number of hydrogen-bond donors (Lipinski definition) is 2. The van der Waals surface area contributed by atoms with Crippen LogP contribution in [0.3, 0.4) is 0 Å². The van der Waals surface area contributed by atoms with Gasteiger partial charge in [-0.2, -0.15) is 0 Å².